The summed E-state index contributed by atoms with van der Waals surface area (Å²) < 4.78 is 10.7. The Morgan fingerprint density at radius 2 is 2.00 bits per heavy atom. The number of carbonyl (C=O) groups is 1. The quantitative estimate of drug-likeness (QED) is 0.605. The number of nitrogens with one attached hydrogen (secondary N) is 1. The molecule has 1 fully saturated rings. The molecule has 1 aliphatic rings. The van der Waals surface area contributed by atoms with Crippen molar-refractivity contribution in [2.24, 2.45) is 0 Å². The minimum Gasteiger partial charge on any atom is -0.480 e. The van der Waals surface area contributed by atoms with Gasteiger partial charge in [-0.1, -0.05) is 12.1 Å². The third-order valence-electron chi connectivity index (χ3n) is 3.61. The molecule has 0 amide bonds. The van der Waals surface area contributed by atoms with E-state index in [0.29, 0.717) is 38.5 Å². The summed E-state index contributed by atoms with van der Waals surface area (Å²) in [5.41, 5.74) is 0.884. The lowest BCUT2D eigenvalue weighted by atomic mass is 10.1. The largest absolute Gasteiger partial charge is 0.480 e. The van der Waals surface area contributed by atoms with Crippen molar-refractivity contribution >= 4 is 5.97 Å². The van der Waals surface area contributed by atoms with E-state index < -0.39 is 18.4 Å². The number of benzene rings is 1. The Labute approximate surface area is 129 Å². The fourth-order valence-corrected chi connectivity index (χ4v) is 2.25. The van der Waals surface area contributed by atoms with E-state index in [-0.39, 0.29) is 0 Å². The van der Waals surface area contributed by atoms with Crippen molar-refractivity contribution in [2.75, 3.05) is 33.4 Å². The molecule has 0 radical (unpaired) electrons. The van der Waals surface area contributed by atoms with Crippen molar-refractivity contribution < 1.29 is 24.5 Å². The number of carboxylic acid groups (broad SMARTS) is 1. The first-order valence-corrected chi connectivity index (χ1v) is 7.25. The third kappa shape index (κ3) is 4.67. The smallest absolute Gasteiger partial charge is 0.321 e. The second kappa shape index (κ2) is 8.09. The number of aliphatic carboxylic acids is 1. The number of carboxylic acids is 1. The van der Waals surface area contributed by atoms with Crippen LogP contribution in [0.4, 0.5) is 0 Å². The lowest BCUT2D eigenvalue weighted by molar-refractivity contribution is -0.159. The maximum Gasteiger partial charge on any atom is 0.321 e. The number of nitrogens with zero attached hydrogens (tertiary/aromatic N) is 1. The predicted molar refractivity (Wildman–Crippen MR) is 79.7 cm³/mol. The van der Waals surface area contributed by atoms with Gasteiger partial charge in [-0.25, -0.2) is 4.90 Å². The van der Waals surface area contributed by atoms with E-state index in [0.717, 1.165) is 5.56 Å². The number of aliphatic hydroxyl groups is 1. The van der Waals surface area contributed by atoms with Crippen molar-refractivity contribution in [3.63, 3.8) is 0 Å². The standard InChI is InChI=1S/C15H22N2O5/c1-16-13(14(18)19)10-11-2-4-12(5-3-11)22-15(20)17-6-8-21-9-7-17/h2-5,13,15-16,20H,6-10H2,1H3,(H,18,19)/t13-,15?/m1/s1. The highest BCUT2D eigenvalue weighted by Gasteiger charge is 2.20. The molecule has 1 aliphatic heterocycles. The highest BCUT2D eigenvalue weighted by molar-refractivity contribution is 5.73. The lowest BCUT2D eigenvalue weighted by Gasteiger charge is -2.30. The number of hydrogen-bond donors (Lipinski definition) is 3. The second-order valence-electron chi connectivity index (χ2n) is 5.12. The first-order valence-electron chi connectivity index (χ1n) is 7.25. The highest BCUT2D eigenvalue weighted by atomic mass is 16.6. The normalized spacial score (nSPS) is 18.6. The van der Waals surface area contributed by atoms with Gasteiger partial charge in [-0.15, -0.1) is 0 Å². The van der Waals surface area contributed by atoms with Gasteiger partial charge in [0.1, 0.15) is 11.8 Å². The zero-order valence-electron chi connectivity index (χ0n) is 12.6. The first-order chi connectivity index (χ1) is 10.6. The van der Waals surface area contributed by atoms with Gasteiger partial charge in [-0.2, -0.15) is 0 Å². The molecule has 0 aliphatic carbocycles. The molecule has 122 valence electrons. The molecule has 0 aromatic heterocycles. The molecular weight excluding hydrogens is 288 g/mol. The molecule has 7 nitrogen and oxygen atoms in total. The van der Waals surface area contributed by atoms with Crippen LogP contribution in [0.2, 0.25) is 0 Å². The zero-order valence-corrected chi connectivity index (χ0v) is 12.6. The van der Waals surface area contributed by atoms with Crippen LogP contribution in [0.3, 0.4) is 0 Å². The highest BCUT2D eigenvalue weighted by Crippen LogP contribution is 2.16. The van der Waals surface area contributed by atoms with E-state index in [1.807, 2.05) is 0 Å². The van der Waals surface area contributed by atoms with E-state index >= 15 is 0 Å². The molecule has 0 bridgehead atoms. The summed E-state index contributed by atoms with van der Waals surface area (Å²) in [6.45, 7) is 2.42. The number of aliphatic hydroxyl groups excluding tert-OH is 1. The molecule has 2 atom stereocenters. The molecule has 0 spiro atoms. The Balaban J connectivity index is 1.89. The van der Waals surface area contributed by atoms with Gasteiger partial charge >= 0.3 is 5.97 Å². The molecule has 7 heteroatoms. The molecule has 1 aromatic rings. The maximum atomic E-state index is 11.0. The van der Waals surface area contributed by atoms with Gasteiger partial charge in [-0.05, 0) is 31.2 Å². The van der Waals surface area contributed by atoms with E-state index in [4.69, 9.17) is 14.6 Å². The number of morpholine rings is 1. The Bertz CT molecular complexity index is 473. The molecule has 1 unspecified atom stereocenters. The molecule has 1 aromatic carbocycles. The molecule has 1 saturated heterocycles. The Kier molecular flexibility index (Phi) is 6.14. The molecule has 0 saturated carbocycles. The van der Waals surface area contributed by atoms with E-state index in [2.05, 4.69) is 5.32 Å². The summed E-state index contributed by atoms with van der Waals surface area (Å²) in [6.07, 6.45) is -0.614. The summed E-state index contributed by atoms with van der Waals surface area (Å²) in [4.78, 5) is 12.8. The molecule has 1 heterocycles. The Morgan fingerprint density at radius 3 is 2.55 bits per heavy atom. The summed E-state index contributed by atoms with van der Waals surface area (Å²) in [5, 5.41) is 21.8. The van der Waals surface area contributed by atoms with Crippen molar-refractivity contribution in [1.29, 1.82) is 0 Å². The molecule has 2 rings (SSSR count). The minimum absolute atomic E-state index is 0.387. The van der Waals surface area contributed by atoms with Gasteiger partial charge < -0.3 is 25.0 Å². The van der Waals surface area contributed by atoms with Crippen LogP contribution in [-0.2, 0) is 16.0 Å². The van der Waals surface area contributed by atoms with Gasteiger partial charge in [0.2, 0.25) is 0 Å². The van der Waals surface area contributed by atoms with Crippen LogP contribution in [0.5, 0.6) is 5.75 Å². The number of hydrogen-bond acceptors (Lipinski definition) is 6. The van der Waals surface area contributed by atoms with E-state index in [9.17, 15) is 9.90 Å². The molecule has 3 N–H and O–H groups in total. The first kappa shape index (κ1) is 16.7. The number of likely N-dealkylation sites (N-methyl/N-ethyl adjacent to an activating group) is 1. The summed E-state index contributed by atoms with van der Waals surface area (Å²) in [6, 6.07) is 6.44. The number of ether oxygens (including phenoxy) is 2. The van der Waals surface area contributed by atoms with E-state index in [1.54, 1.807) is 36.2 Å². The summed E-state index contributed by atoms with van der Waals surface area (Å²) in [5.74, 6) is -0.343. The van der Waals surface area contributed by atoms with Crippen LogP contribution in [-0.4, -0.2) is 66.9 Å². The Morgan fingerprint density at radius 1 is 1.36 bits per heavy atom. The average Bonchev–Trinajstić information content (AvgIpc) is 2.54. The molecular formula is C15H22N2O5. The average molecular weight is 310 g/mol. The van der Waals surface area contributed by atoms with Gasteiger partial charge in [0.05, 0.1) is 13.2 Å². The Hall–Kier alpha value is -1.67. The third-order valence-corrected chi connectivity index (χ3v) is 3.61. The fourth-order valence-electron chi connectivity index (χ4n) is 2.25. The molecule has 22 heavy (non-hydrogen) atoms. The van der Waals surface area contributed by atoms with Gasteiger partial charge in [0.25, 0.3) is 6.41 Å². The monoisotopic (exact) mass is 310 g/mol. The predicted octanol–water partition coefficient (Wildman–Crippen LogP) is -0.111. The summed E-state index contributed by atoms with van der Waals surface area (Å²) >= 11 is 0. The topological polar surface area (TPSA) is 91.3 Å². The van der Waals surface area contributed by atoms with Crippen molar-refractivity contribution in [2.45, 2.75) is 18.9 Å². The summed E-state index contributed by atoms with van der Waals surface area (Å²) in [7, 11) is 1.62. The van der Waals surface area contributed by atoms with Crippen molar-refractivity contribution in [3.05, 3.63) is 29.8 Å². The van der Waals surface area contributed by atoms with Crippen LogP contribution in [0, 0.1) is 0 Å². The van der Waals surface area contributed by atoms with E-state index in [1.165, 1.54) is 0 Å². The van der Waals surface area contributed by atoms with Crippen LogP contribution in [0.1, 0.15) is 5.56 Å². The lowest BCUT2D eigenvalue weighted by Crippen LogP contribution is -2.46. The van der Waals surface area contributed by atoms with Gasteiger partial charge in [0.15, 0.2) is 0 Å². The van der Waals surface area contributed by atoms with Crippen molar-refractivity contribution in [1.82, 2.24) is 10.2 Å². The maximum absolute atomic E-state index is 11.0. The van der Waals surface area contributed by atoms with Crippen molar-refractivity contribution in [3.8, 4) is 5.75 Å². The fraction of sp³-hybridized carbons (Fsp3) is 0.533. The van der Waals surface area contributed by atoms with Crippen LogP contribution in [0.15, 0.2) is 24.3 Å². The minimum atomic E-state index is -1.00. The van der Waals surface area contributed by atoms with Crippen LogP contribution >= 0.6 is 0 Å². The zero-order chi connectivity index (χ0) is 15.9. The van der Waals surface area contributed by atoms with Crippen LogP contribution in [0.25, 0.3) is 0 Å². The van der Waals surface area contributed by atoms with Crippen LogP contribution < -0.4 is 10.1 Å². The second-order valence-corrected chi connectivity index (χ2v) is 5.12. The SMILES string of the molecule is CN[C@H](Cc1ccc(OC(O)N2CCOCC2)cc1)C(=O)O. The number of rotatable bonds is 7. The van der Waals surface area contributed by atoms with Gasteiger partial charge in [0, 0.05) is 13.1 Å². The van der Waals surface area contributed by atoms with Gasteiger partial charge in [-0.3, -0.25) is 4.79 Å².